The number of nitrogens with zero attached hydrogens (tertiary/aromatic N) is 1. The van der Waals surface area contributed by atoms with Gasteiger partial charge in [-0.25, -0.2) is 4.98 Å². The molecule has 0 saturated carbocycles. The summed E-state index contributed by atoms with van der Waals surface area (Å²) in [5, 5.41) is 6.70. The lowest BCUT2D eigenvalue weighted by molar-refractivity contribution is 0.600. The Kier molecular flexibility index (Phi) is 4.36. The van der Waals surface area contributed by atoms with E-state index in [1.54, 1.807) is 22.7 Å². The molecule has 0 aromatic carbocycles. The molecule has 0 aliphatic carbocycles. The molecular weight excluding hydrogens is 316 g/mol. The standard InChI is InChI=1S/C12H15BrN2S2/c1-7-8(2)17-12(15-7)5-10(14-3)11-4-9(13)6-16-11/h4,6,10,14H,5H2,1-3H3. The topological polar surface area (TPSA) is 24.9 Å². The van der Waals surface area contributed by atoms with Gasteiger partial charge in [0.05, 0.1) is 10.7 Å². The zero-order valence-corrected chi connectivity index (χ0v) is 13.3. The van der Waals surface area contributed by atoms with Crippen LogP contribution in [0.15, 0.2) is 15.9 Å². The number of hydrogen-bond acceptors (Lipinski definition) is 4. The van der Waals surface area contributed by atoms with Gasteiger partial charge in [-0.1, -0.05) is 0 Å². The molecule has 1 unspecified atom stereocenters. The minimum absolute atomic E-state index is 0.358. The van der Waals surface area contributed by atoms with Crippen LogP contribution in [0, 0.1) is 13.8 Å². The van der Waals surface area contributed by atoms with Crippen LogP contribution in [0.2, 0.25) is 0 Å². The van der Waals surface area contributed by atoms with Gasteiger partial charge in [-0.05, 0) is 42.9 Å². The smallest absolute Gasteiger partial charge is 0.0950 e. The summed E-state index contributed by atoms with van der Waals surface area (Å²) in [6, 6.07) is 2.54. The second-order valence-electron chi connectivity index (χ2n) is 3.96. The number of thiophene rings is 1. The molecule has 2 aromatic heterocycles. The van der Waals surface area contributed by atoms with Crippen LogP contribution in [-0.2, 0) is 6.42 Å². The Labute approximate surface area is 118 Å². The zero-order valence-electron chi connectivity index (χ0n) is 10.1. The summed E-state index contributed by atoms with van der Waals surface area (Å²) >= 11 is 7.08. The summed E-state index contributed by atoms with van der Waals surface area (Å²) in [7, 11) is 2.01. The molecule has 5 heteroatoms. The molecule has 1 atom stereocenters. The van der Waals surface area contributed by atoms with Crippen molar-refractivity contribution in [3.05, 3.63) is 36.4 Å². The molecule has 17 heavy (non-hydrogen) atoms. The van der Waals surface area contributed by atoms with Gasteiger partial charge in [-0.3, -0.25) is 0 Å². The third-order valence-corrected chi connectivity index (χ3v) is 5.63. The Bertz CT molecular complexity index is 485. The highest BCUT2D eigenvalue weighted by Gasteiger charge is 2.15. The van der Waals surface area contributed by atoms with Crippen molar-refractivity contribution in [2.75, 3.05) is 7.05 Å². The molecule has 0 bridgehead atoms. The molecule has 2 nitrogen and oxygen atoms in total. The molecule has 1 N–H and O–H groups in total. The molecule has 0 radical (unpaired) electrons. The van der Waals surface area contributed by atoms with Gasteiger partial charge in [0.15, 0.2) is 0 Å². The fraction of sp³-hybridized carbons (Fsp3) is 0.417. The summed E-state index contributed by atoms with van der Waals surface area (Å²) in [6.07, 6.45) is 0.961. The minimum atomic E-state index is 0.358. The molecule has 92 valence electrons. The van der Waals surface area contributed by atoms with Crippen LogP contribution < -0.4 is 5.32 Å². The van der Waals surface area contributed by atoms with Crippen LogP contribution in [0.4, 0.5) is 0 Å². The van der Waals surface area contributed by atoms with E-state index >= 15 is 0 Å². The average Bonchev–Trinajstić information content (AvgIpc) is 2.83. The van der Waals surface area contributed by atoms with Crippen molar-refractivity contribution in [2.45, 2.75) is 26.3 Å². The highest BCUT2D eigenvalue weighted by atomic mass is 79.9. The monoisotopic (exact) mass is 330 g/mol. The van der Waals surface area contributed by atoms with Gasteiger partial charge in [-0.2, -0.15) is 0 Å². The van der Waals surface area contributed by atoms with Crippen LogP contribution in [-0.4, -0.2) is 12.0 Å². The van der Waals surface area contributed by atoms with Crippen molar-refractivity contribution in [1.82, 2.24) is 10.3 Å². The molecule has 0 saturated heterocycles. The fourth-order valence-electron chi connectivity index (χ4n) is 1.66. The first kappa shape index (κ1) is 13.2. The summed E-state index contributed by atoms with van der Waals surface area (Å²) in [4.78, 5) is 7.27. The number of likely N-dealkylation sites (N-methyl/N-ethyl adjacent to an activating group) is 1. The molecule has 0 spiro atoms. The first-order valence-electron chi connectivity index (χ1n) is 5.44. The van der Waals surface area contributed by atoms with Crippen LogP contribution in [0.25, 0.3) is 0 Å². The highest BCUT2D eigenvalue weighted by molar-refractivity contribution is 9.10. The fourth-order valence-corrected chi connectivity index (χ4v) is 4.19. The van der Waals surface area contributed by atoms with Crippen molar-refractivity contribution in [1.29, 1.82) is 0 Å². The van der Waals surface area contributed by atoms with E-state index in [1.807, 2.05) is 7.05 Å². The summed E-state index contributed by atoms with van der Waals surface area (Å²) in [6.45, 7) is 4.21. The number of rotatable bonds is 4. The van der Waals surface area contributed by atoms with E-state index in [9.17, 15) is 0 Å². The first-order valence-corrected chi connectivity index (χ1v) is 7.93. The number of hydrogen-bond donors (Lipinski definition) is 1. The normalized spacial score (nSPS) is 12.9. The molecule has 0 aliphatic heterocycles. The van der Waals surface area contributed by atoms with Crippen LogP contribution in [0.1, 0.15) is 26.5 Å². The van der Waals surface area contributed by atoms with Crippen molar-refractivity contribution >= 4 is 38.6 Å². The second kappa shape index (κ2) is 5.61. The van der Waals surface area contributed by atoms with Crippen molar-refractivity contribution in [3.8, 4) is 0 Å². The van der Waals surface area contributed by atoms with Crippen LogP contribution in [0.3, 0.4) is 0 Å². The predicted molar refractivity (Wildman–Crippen MR) is 79.1 cm³/mol. The van der Waals surface area contributed by atoms with E-state index in [0.717, 1.165) is 16.6 Å². The van der Waals surface area contributed by atoms with Gasteiger partial charge in [0.2, 0.25) is 0 Å². The Balaban J connectivity index is 2.15. The quantitative estimate of drug-likeness (QED) is 0.913. The van der Waals surface area contributed by atoms with Gasteiger partial charge in [0.1, 0.15) is 0 Å². The summed E-state index contributed by atoms with van der Waals surface area (Å²) < 4.78 is 1.16. The van der Waals surface area contributed by atoms with E-state index in [-0.39, 0.29) is 0 Å². The van der Waals surface area contributed by atoms with E-state index < -0.39 is 0 Å². The molecular formula is C12H15BrN2S2. The van der Waals surface area contributed by atoms with Gasteiger partial charge < -0.3 is 5.32 Å². The van der Waals surface area contributed by atoms with Crippen LogP contribution in [0.5, 0.6) is 0 Å². The number of thiazole rings is 1. The van der Waals surface area contributed by atoms with Crippen molar-refractivity contribution < 1.29 is 0 Å². The summed E-state index contributed by atoms with van der Waals surface area (Å²) in [5.74, 6) is 0. The molecule has 2 heterocycles. The Hall–Kier alpha value is -0.230. The number of halogens is 1. The Morgan fingerprint density at radius 2 is 2.24 bits per heavy atom. The maximum Gasteiger partial charge on any atom is 0.0950 e. The number of aromatic nitrogens is 1. The molecule has 2 aromatic rings. The maximum absolute atomic E-state index is 4.60. The van der Waals surface area contributed by atoms with E-state index in [4.69, 9.17) is 0 Å². The van der Waals surface area contributed by atoms with E-state index in [0.29, 0.717) is 6.04 Å². The zero-order chi connectivity index (χ0) is 12.4. The molecule has 0 fully saturated rings. The maximum atomic E-state index is 4.60. The van der Waals surface area contributed by atoms with Gasteiger partial charge >= 0.3 is 0 Å². The van der Waals surface area contributed by atoms with Crippen LogP contribution >= 0.6 is 38.6 Å². The summed E-state index contributed by atoms with van der Waals surface area (Å²) in [5.41, 5.74) is 1.16. The Morgan fingerprint density at radius 3 is 2.71 bits per heavy atom. The average molecular weight is 331 g/mol. The molecule has 2 rings (SSSR count). The minimum Gasteiger partial charge on any atom is -0.312 e. The largest absolute Gasteiger partial charge is 0.312 e. The number of nitrogens with one attached hydrogen (secondary N) is 1. The lowest BCUT2D eigenvalue weighted by Crippen LogP contribution is -2.17. The highest BCUT2D eigenvalue weighted by Crippen LogP contribution is 2.29. The third kappa shape index (κ3) is 3.16. The SMILES string of the molecule is CNC(Cc1nc(C)c(C)s1)c1cc(Br)cs1. The van der Waals surface area contributed by atoms with Crippen molar-refractivity contribution in [2.24, 2.45) is 0 Å². The van der Waals surface area contributed by atoms with E-state index in [1.165, 1.54) is 14.8 Å². The lowest BCUT2D eigenvalue weighted by Gasteiger charge is -2.12. The van der Waals surface area contributed by atoms with Gasteiger partial charge in [0, 0.05) is 32.1 Å². The Morgan fingerprint density at radius 1 is 1.47 bits per heavy atom. The van der Waals surface area contributed by atoms with Gasteiger partial charge in [-0.15, -0.1) is 22.7 Å². The van der Waals surface area contributed by atoms with Gasteiger partial charge in [0.25, 0.3) is 0 Å². The van der Waals surface area contributed by atoms with Crippen molar-refractivity contribution in [3.63, 3.8) is 0 Å². The first-order chi connectivity index (χ1) is 8.10. The molecule has 0 amide bonds. The third-order valence-electron chi connectivity index (χ3n) is 2.73. The molecule has 0 aliphatic rings. The lowest BCUT2D eigenvalue weighted by atomic mass is 10.2. The predicted octanol–water partition coefficient (Wildman–Crippen LogP) is 4.09. The number of aryl methyl sites for hydroxylation is 2. The van der Waals surface area contributed by atoms with E-state index in [2.05, 4.69) is 51.5 Å². The second-order valence-corrected chi connectivity index (χ2v) is 7.11.